The molecule has 0 aromatic heterocycles. The van der Waals surface area contributed by atoms with E-state index in [0.29, 0.717) is 10.8 Å². The van der Waals surface area contributed by atoms with Gasteiger partial charge < -0.3 is 10.1 Å². The topological polar surface area (TPSA) is 21.3 Å². The molecule has 21 heavy (non-hydrogen) atoms. The number of ether oxygens (including phenoxy) is 1. The zero-order valence-corrected chi connectivity index (χ0v) is 15.6. The van der Waals surface area contributed by atoms with E-state index >= 15 is 0 Å². The predicted octanol–water partition coefficient (Wildman–Crippen LogP) is 5.17. The van der Waals surface area contributed by atoms with Crippen LogP contribution in [-0.4, -0.2) is 24.2 Å². The number of hydrogen-bond acceptors (Lipinski definition) is 3. The van der Waals surface area contributed by atoms with E-state index in [2.05, 4.69) is 59.5 Å². The molecule has 4 heteroatoms. The van der Waals surface area contributed by atoms with Crippen molar-refractivity contribution in [2.45, 2.75) is 50.3 Å². The summed E-state index contributed by atoms with van der Waals surface area (Å²) in [6.45, 7) is 6.46. The molecule has 1 aliphatic heterocycles. The molecular weight excluding hydrogens is 346 g/mol. The molecule has 0 aliphatic carbocycles. The van der Waals surface area contributed by atoms with Crippen molar-refractivity contribution in [2.24, 2.45) is 0 Å². The quantitative estimate of drug-likeness (QED) is 0.744. The molecule has 0 bridgehead atoms. The van der Waals surface area contributed by atoms with Crippen molar-refractivity contribution >= 4 is 27.7 Å². The Morgan fingerprint density at radius 2 is 2.14 bits per heavy atom. The van der Waals surface area contributed by atoms with Crippen molar-refractivity contribution in [3.05, 3.63) is 28.2 Å². The minimum absolute atomic E-state index is 0.350. The van der Waals surface area contributed by atoms with Crippen molar-refractivity contribution in [3.8, 4) is 5.75 Å². The number of rotatable bonds is 6. The van der Waals surface area contributed by atoms with Gasteiger partial charge in [0.15, 0.2) is 0 Å². The van der Waals surface area contributed by atoms with Crippen molar-refractivity contribution in [1.29, 1.82) is 0 Å². The van der Waals surface area contributed by atoms with Crippen LogP contribution in [0.15, 0.2) is 22.7 Å². The Labute approximate surface area is 141 Å². The zero-order chi connectivity index (χ0) is 15.3. The predicted molar refractivity (Wildman–Crippen MR) is 96.4 cm³/mol. The Hall–Kier alpha value is -0.190. The lowest BCUT2D eigenvalue weighted by Crippen LogP contribution is -2.38. The smallest absolute Gasteiger partial charge is 0.125 e. The van der Waals surface area contributed by atoms with E-state index in [9.17, 15) is 0 Å². The number of hydrogen-bond donors (Lipinski definition) is 1. The van der Waals surface area contributed by atoms with Crippen LogP contribution in [0.4, 0.5) is 0 Å². The van der Waals surface area contributed by atoms with Crippen molar-refractivity contribution in [2.75, 3.05) is 19.4 Å². The summed E-state index contributed by atoms with van der Waals surface area (Å²) in [7, 11) is 0. The SMILES string of the molecule is CCC(CC)(CNC1CCCOc2cc(Br)ccc21)SC. The third kappa shape index (κ3) is 4.17. The van der Waals surface area contributed by atoms with Gasteiger partial charge in [0.1, 0.15) is 5.75 Å². The van der Waals surface area contributed by atoms with Crippen LogP contribution in [0.2, 0.25) is 0 Å². The first-order valence-electron chi connectivity index (χ1n) is 7.85. The van der Waals surface area contributed by atoms with Gasteiger partial charge in [-0.15, -0.1) is 0 Å². The average Bonchev–Trinajstić information content (AvgIpc) is 2.71. The van der Waals surface area contributed by atoms with Crippen LogP contribution >= 0.6 is 27.7 Å². The first kappa shape index (κ1) is 17.2. The van der Waals surface area contributed by atoms with Gasteiger partial charge in [-0.1, -0.05) is 35.8 Å². The van der Waals surface area contributed by atoms with Crippen LogP contribution in [0.3, 0.4) is 0 Å². The van der Waals surface area contributed by atoms with Gasteiger partial charge in [0.2, 0.25) is 0 Å². The third-order valence-electron chi connectivity index (χ3n) is 4.64. The van der Waals surface area contributed by atoms with Crippen molar-refractivity contribution in [3.63, 3.8) is 0 Å². The Morgan fingerprint density at radius 3 is 2.81 bits per heavy atom. The molecule has 2 rings (SSSR count). The molecule has 0 saturated heterocycles. The van der Waals surface area contributed by atoms with E-state index < -0.39 is 0 Å². The molecule has 0 amide bonds. The summed E-state index contributed by atoms with van der Waals surface area (Å²) in [5, 5.41) is 3.81. The van der Waals surface area contributed by atoms with Crippen LogP contribution in [0, 0.1) is 0 Å². The molecule has 0 radical (unpaired) electrons. The zero-order valence-electron chi connectivity index (χ0n) is 13.2. The van der Waals surface area contributed by atoms with Gasteiger partial charge in [-0.25, -0.2) is 0 Å². The first-order chi connectivity index (χ1) is 10.1. The molecule has 0 saturated carbocycles. The highest BCUT2D eigenvalue weighted by Gasteiger charge is 2.27. The third-order valence-corrected chi connectivity index (χ3v) is 6.72. The summed E-state index contributed by atoms with van der Waals surface area (Å²) >= 11 is 5.53. The maximum atomic E-state index is 5.90. The molecular formula is C17H26BrNOS. The van der Waals surface area contributed by atoms with Gasteiger partial charge in [0, 0.05) is 27.4 Å². The van der Waals surface area contributed by atoms with Crippen LogP contribution in [0.25, 0.3) is 0 Å². The molecule has 1 N–H and O–H groups in total. The monoisotopic (exact) mass is 371 g/mol. The lowest BCUT2D eigenvalue weighted by molar-refractivity contribution is 0.314. The van der Waals surface area contributed by atoms with E-state index in [0.717, 1.165) is 36.2 Å². The summed E-state index contributed by atoms with van der Waals surface area (Å²) in [6.07, 6.45) is 6.89. The summed E-state index contributed by atoms with van der Waals surface area (Å²) in [5.41, 5.74) is 1.30. The number of fused-ring (bicyclic) bond motifs is 1. The van der Waals surface area contributed by atoms with Crippen molar-refractivity contribution in [1.82, 2.24) is 5.32 Å². The summed E-state index contributed by atoms with van der Waals surface area (Å²) < 4.78 is 7.33. The molecule has 1 unspecified atom stereocenters. The highest BCUT2D eigenvalue weighted by molar-refractivity contribution is 9.10. The second-order valence-electron chi connectivity index (χ2n) is 5.70. The molecule has 118 valence electrons. The Kier molecular flexibility index (Phi) is 6.45. The summed E-state index contributed by atoms with van der Waals surface area (Å²) in [4.78, 5) is 0. The van der Waals surface area contributed by atoms with E-state index in [4.69, 9.17) is 4.74 Å². The van der Waals surface area contributed by atoms with Gasteiger partial charge in [-0.3, -0.25) is 0 Å². The van der Waals surface area contributed by atoms with E-state index in [1.165, 1.54) is 18.4 Å². The van der Waals surface area contributed by atoms with E-state index in [-0.39, 0.29) is 0 Å². The molecule has 1 atom stereocenters. The van der Waals surface area contributed by atoms with Gasteiger partial charge in [-0.2, -0.15) is 11.8 Å². The van der Waals surface area contributed by atoms with Gasteiger partial charge >= 0.3 is 0 Å². The van der Waals surface area contributed by atoms with E-state index in [1.54, 1.807) is 0 Å². The van der Waals surface area contributed by atoms with Gasteiger partial charge in [0.25, 0.3) is 0 Å². The average molecular weight is 372 g/mol. The maximum absolute atomic E-state index is 5.90. The summed E-state index contributed by atoms with van der Waals surface area (Å²) in [6, 6.07) is 6.81. The lowest BCUT2D eigenvalue weighted by atomic mass is 9.98. The fraction of sp³-hybridized carbons (Fsp3) is 0.647. The summed E-state index contributed by atoms with van der Waals surface area (Å²) in [5.74, 6) is 1.03. The highest BCUT2D eigenvalue weighted by atomic mass is 79.9. The molecule has 1 aromatic carbocycles. The minimum atomic E-state index is 0.350. The highest BCUT2D eigenvalue weighted by Crippen LogP contribution is 2.35. The second kappa shape index (κ2) is 7.89. The fourth-order valence-electron chi connectivity index (χ4n) is 2.93. The number of benzene rings is 1. The maximum Gasteiger partial charge on any atom is 0.125 e. The Balaban J connectivity index is 2.13. The standard InChI is InChI=1S/C17H26BrNOS/c1-4-17(5-2,21-3)12-19-15-7-6-10-20-16-11-13(18)8-9-14(15)16/h8-9,11,15,19H,4-7,10,12H2,1-3H3. The molecule has 0 fully saturated rings. The normalized spacial score (nSPS) is 18.8. The largest absolute Gasteiger partial charge is 0.493 e. The number of thioether (sulfide) groups is 1. The van der Waals surface area contributed by atoms with Crippen LogP contribution in [0.5, 0.6) is 5.75 Å². The van der Waals surface area contributed by atoms with Gasteiger partial charge in [-0.05, 0) is 44.1 Å². The second-order valence-corrected chi connectivity index (χ2v) is 7.89. The molecule has 1 aromatic rings. The van der Waals surface area contributed by atoms with Gasteiger partial charge in [0.05, 0.1) is 6.61 Å². The number of halogens is 1. The molecule has 1 heterocycles. The fourth-order valence-corrected chi connectivity index (χ4v) is 4.07. The Morgan fingerprint density at radius 1 is 1.38 bits per heavy atom. The van der Waals surface area contributed by atoms with Crippen molar-refractivity contribution < 1.29 is 4.74 Å². The molecule has 2 nitrogen and oxygen atoms in total. The van der Waals surface area contributed by atoms with Crippen LogP contribution in [-0.2, 0) is 0 Å². The Bertz CT molecular complexity index is 454. The van der Waals surface area contributed by atoms with E-state index in [1.807, 2.05) is 11.8 Å². The van der Waals surface area contributed by atoms with Crippen LogP contribution < -0.4 is 10.1 Å². The first-order valence-corrected chi connectivity index (χ1v) is 9.86. The molecule has 0 spiro atoms. The number of nitrogens with one attached hydrogen (secondary N) is 1. The molecule has 1 aliphatic rings. The lowest BCUT2D eigenvalue weighted by Gasteiger charge is -2.32. The minimum Gasteiger partial charge on any atom is -0.493 e. The van der Waals surface area contributed by atoms with Crippen LogP contribution in [0.1, 0.15) is 51.1 Å².